The molecule has 1 saturated heterocycles. The van der Waals surface area contributed by atoms with E-state index in [-0.39, 0.29) is 0 Å². The average Bonchev–Trinajstić information content (AvgIpc) is 3.24. The van der Waals surface area contributed by atoms with Crippen molar-refractivity contribution in [3.05, 3.63) is 65.2 Å². The quantitative estimate of drug-likeness (QED) is 0.274. The molecule has 0 amide bonds. The molecule has 4 aromatic rings. The molecule has 1 fully saturated rings. The van der Waals surface area contributed by atoms with Crippen molar-refractivity contribution in [2.75, 3.05) is 44.2 Å². The van der Waals surface area contributed by atoms with Gasteiger partial charge in [-0.1, -0.05) is 17.7 Å². The van der Waals surface area contributed by atoms with Crippen LogP contribution in [0.4, 0.5) is 23.0 Å². The van der Waals surface area contributed by atoms with Gasteiger partial charge in [-0.25, -0.2) is 4.98 Å². The summed E-state index contributed by atoms with van der Waals surface area (Å²) in [6.07, 6.45) is 2.10. The molecule has 0 atom stereocenters. The number of anilines is 4. The van der Waals surface area contributed by atoms with Gasteiger partial charge in [0.2, 0.25) is 5.95 Å². The van der Waals surface area contributed by atoms with Crippen molar-refractivity contribution in [3.8, 4) is 11.5 Å². The number of halogens is 1. The van der Waals surface area contributed by atoms with Crippen LogP contribution in [0.15, 0.2) is 54.6 Å². The number of hydrogen-bond donors (Lipinski definition) is 1. The summed E-state index contributed by atoms with van der Waals surface area (Å²) in [7, 11) is 5.38. The summed E-state index contributed by atoms with van der Waals surface area (Å²) in [6, 6.07) is 18.3. The summed E-state index contributed by atoms with van der Waals surface area (Å²) in [5.41, 5.74) is 6.02. The van der Waals surface area contributed by atoms with Gasteiger partial charge in [-0.05, 0) is 73.7 Å². The first kappa shape index (κ1) is 25.2. The normalized spacial score (nSPS) is 14.1. The van der Waals surface area contributed by atoms with Gasteiger partial charge in [0.1, 0.15) is 11.5 Å². The molecule has 5 rings (SSSR count). The highest BCUT2D eigenvalue weighted by Crippen LogP contribution is 2.38. The Balaban J connectivity index is 1.58. The fraction of sp³-hybridized carbons (Fsp3) is 0.345. The van der Waals surface area contributed by atoms with E-state index in [1.807, 2.05) is 38.2 Å². The number of rotatable bonds is 8. The number of nitrogens with one attached hydrogen (secondary N) is 1. The minimum atomic E-state index is 0.540. The van der Waals surface area contributed by atoms with Crippen molar-refractivity contribution in [2.24, 2.45) is 13.0 Å². The minimum absolute atomic E-state index is 0.540. The number of imidazole rings is 1. The van der Waals surface area contributed by atoms with Crippen molar-refractivity contribution in [1.82, 2.24) is 9.55 Å². The maximum absolute atomic E-state index is 6.26. The summed E-state index contributed by atoms with van der Waals surface area (Å²) >= 11 is 6.26. The van der Waals surface area contributed by atoms with Crippen molar-refractivity contribution in [1.29, 1.82) is 0 Å². The summed E-state index contributed by atoms with van der Waals surface area (Å²) in [5.74, 6) is 2.79. The number of nitrogens with zero attached hydrogens (tertiary/aromatic N) is 3. The van der Waals surface area contributed by atoms with Crippen LogP contribution in [0.2, 0.25) is 5.02 Å². The SMILES string of the molecule is COc1ccc(N(CC2CCOCC2)c2cccc3nc(Nc4c(C)cc(Cl)cc4OC)n(C)c23)cc1. The summed E-state index contributed by atoms with van der Waals surface area (Å²) in [4.78, 5) is 7.35. The van der Waals surface area contributed by atoms with Crippen LogP contribution in [0.3, 0.4) is 0 Å². The minimum Gasteiger partial charge on any atom is -0.497 e. The van der Waals surface area contributed by atoms with E-state index in [1.165, 1.54) is 0 Å². The first-order valence-corrected chi connectivity index (χ1v) is 12.9. The standard InChI is InChI=1S/C29H33ClN4O3/c1-19-16-21(30)17-26(36-4)27(19)32-29-31-24-6-5-7-25(28(24)33(29)2)34(18-20-12-14-37-15-13-20)22-8-10-23(35-3)11-9-22/h5-11,16-17,20H,12-15,18H2,1-4H3,(H,31,32). The number of benzene rings is 3. The number of aromatic nitrogens is 2. The van der Waals surface area contributed by atoms with Crippen molar-refractivity contribution in [2.45, 2.75) is 19.8 Å². The molecule has 1 aliphatic rings. The fourth-order valence-corrected chi connectivity index (χ4v) is 5.28. The molecule has 1 N–H and O–H groups in total. The zero-order valence-electron chi connectivity index (χ0n) is 21.8. The molecule has 1 aliphatic heterocycles. The highest BCUT2D eigenvalue weighted by molar-refractivity contribution is 6.31. The highest BCUT2D eigenvalue weighted by Gasteiger charge is 2.23. The number of hydrogen-bond acceptors (Lipinski definition) is 6. The maximum atomic E-state index is 6.26. The van der Waals surface area contributed by atoms with E-state index in [4.69, 9.17) is 30.8 Å². The Morgan fingerprint density at radius 3 is 2.54 bits per heavy atom. The molecule has 8 heteroatoms. The average molecular weight is 521 g/mol. The van der Waals surface area contributed by atoms with E-state index in [0.717, 1.165) is 78.0 Å². The molecule has 37 heavy (non-hydrogen) atoms. The zero-order valence-corrected chi connectivity index (χ0v) is 22.5. The molecular formula is C29H33ClN4O3. The van der Waals surface area contributed by atoms with Gasteiger partial charge in [0.15, 0.2) is 0 Å². The van der Waals surface area contributed by atoms with E-state index >= 15 is 0 Å². The van der Waals surface area contributed by atoms with Crippen LogP contribution in [0, 0.1) is 12.8 Å². The third-order valence-electron chi connectivity index (χ3n) is 7.05. The number of methoxy groups -OCH3 is 2. The molecular weight excluding hydrogens is 488 g/mol. The molecule has 3 aromatic carbocycles. The van der Waals surface area contributed by atoms with Gasteiger partial charge in [0.05, 0.1) is 36.6 Å². The molecule has 0 aliphatic carbocycles. The second-order valence-electron chi connectivity index (χ2n) is 9.43. The van der Waals surface area contributed by atoms with Crippen LogP contribution in [0.25, 0.3) is 11.0 Å². The number of para-hydroxylation sites is 1. The summed E-state index contributed by atoms with van der Waals surface area (Å²) in [6.45, 7) is 4.53. The molecule has 0 unspecified atom stereocenters. The Labute approximate surface area is 222 Å². The zero-order chi connectivity index (χ0) is 25.9. The molecule has 0 radical (unpaired) electrons. The van der Waals surface area contributed by atoms with E-state index in [1.54, 1.807) is 14.2 Å². The summed E-state index contributed by atoms with van der Waals surface area (Å²) < 4.78 is 18.8. The first-order chi connectivity index (χ1) is 18.0. The van der Waals surface area contributed by atoms with Gasteiger partial charge < -0.3 is 29.0 Å². The Hall–Kier alpha value is -3.42. The van der Waals surface area contributed by atoms with Gasteiger partial charge in [-0.15, -0.1) is 0 Å². The monoisotopic (exact) mass is 520 g/mol. The summed E-state index contributed by atoms with van der Waals surface area (Å²) in [5, 5.41) is 4.13. The second-order valence-corrected chi connectivity index (χ2v) is 9.87. The Kier molecular flexibility index (Phi) is 7.44. The van der Waals surface area contributed by atoms with Crippen LogP contribution in [0.1, 0.15) is 18.4 Å². The number of ether oxygens (including phenoxy) is 3. The van der Waals surface area contributed by atoms with Crippen LogP contribution in [0.5, 0.6) is 11.5 Å². The van der Waals surface area contributed by atoms with Gasteiger partial charge >= 0.3 is 0 Å². The predicted molar refractivity (Wildman–Crippen MR) is 150 cm³/mol. The molecule has 7 nitrogen and oxygen atoms in total. The molecule has 0 saturated carbocycles. The number of fused-ring (bicyclic) bond motifs is 1. The third-order valence-corrected chi connectivity index (χ3v) is 7.27. The Morgan fingerprint density at radius 2 is 1.84 bits per heavy atom. The first-order valence-electron chi connectivity index (χ1n) is 12.5. The lowest BCUT2D eigenvalue weighted by atomic mass is 9.99. The second kappa shape index (κ2) is 10.9. The predicted octanol–water partition coefficient (Wildman–Crippen LogP) is 6.86. The van der Waals surface area contributed by atoms with E-state index < -0.39 is 0 Å². The van der Waals surface area contributed by atoms with Gasteiger partial charge in [-0.3, -0.25) is 0 Å². The van der Waals surface area contributed by atoms with E-state index in [2.05, 4.69) is 45.1 Å². The molecule has 2 heterocycles. The van der Waals surface area contributed by atoms with Crippen LogP contribution in [-0.2, 0) is 11.8 Å². The fourth-order valence-electron chi connectivity index (χ4n) is 5.02. The Morgan fingerprint density at radius 1 is 1.08 bits per heavy atom. The van der Waals surface area contributed by atoms with Gasteiger partial charge in [-0.2, -0.15) is 0 Å². The maximum Gasteiger partial charge on any atom is 0.208 e. The van der Waals surface area contributed by atoms with Gasteiger partial charge in [0, 0.05) is 43.6 Å². The lowest BCUT2D eigenvalue weighted by molar-refractivity contribution is 0.0688. The van der Waals surface area contributed by atoms with Crippen molar-refractivity contribution >= 4 is 45.6 Å². The van der Waals surface area contributed by atoms with Crippen molar-refractivity contribution in [3.63, 3.8) is 0 Å². The van der Waals surface area contributed by atoms with Crippen molar-refractivity contribution < 1.29 is 14.2 Å². The lowest BCUT2D eigenvalue weighted by Gasteiger charge is -2.32. The van der Waals surface area contributed by atoms with Crippen LogP contribution >= 0.6 is 11.6 Å². The molecule has 0 bridgehead atoms. The molecule has 1 aromatic heterocycles. The van der Waals surface area contributed by atoms with Crippen LogP contribution < -0.4 is 19.7 Å². The Bertz CT molecular complexity index is 1380. The highest BCUT2D eigenvalue weighted by atomic mass is 35.5. The number of aryl methyl sites for hydroxylation is 2. The topological polar surface area (TPSA) is 60.8 Å². The van der Waals surface area contributed by atoms with Gasteiger partial charge in [0.25, 0.3) is 0 Å². The van der Waals surface area contributed by atoms with E-state index in [9.17, 15) is 0 Å². The van der Waals surface area contributed by atoms with Crippen LogP contribution in [-0.4, -0.2) is 43.5 Å². The largest absolute Gasteiger partial charge is 0.497 e. The third kappa shape index (κ3) is 5.20. The molecule has 194 valence electrons. The van der Waals surface area contributed by atoms with E-state index in [0.29, 0.717) is 16.7 Å². The smallest absolute Gasteiger partial charge is 0.208 e. The lowest BCUT2D eigenvalue weighted by Crippen LogP contribution is -2.29. The molecule has 0 spiro atoms.